The summed E-state index contributed by atoms with van der Waals surface area (Å²) in [6.07, 6.45) is 1.35. The molecule has 2 aromatic rings. The lowest BCUT2D eigenvalue weighted by Gasteiger charge is -2.05. The number of hydrogen-bond acceptors (Lipinski definition) is 2. The lowest BCUT2D eigenvalue weighted by atomic mass is 10.0. The summed E-state index contributed by atoms with van der Waals surface area (Å²) in [7, 11) is 0. The molecule has 0 saturated carbocycles. The predicted molar refractivity (Wildman–Crippen MR) is 80.5 cm³/mol. The van der Waals surface area contributed by atoms with Gasteiger partial charge in [-0.05, 0) is 43.3 Å². The Kier molecular flexibility index (Phi) is 3.63. The predicted octanol–water partition coefficient (Wildman–Crippen LogP) is 3.86. The van der Waals surface area contributed by atoms with Crippen LogP contribution in [0.25, 0.3) is 11.6 Å². The summed E-state index contributed by atoms with van der Waals surface area (Å²) < 4.78 is 32.3. The van der Waals surface area contributed by atoms with Crippen LogP contribution < -0.4 is 10.1 Å². The van der Waals surface area contributed by atoms with Crippen molar-refractivity contribution >= 4 is 23.2 Å². The lowest BCUT2D eigenvalue weighted by molar-refractivity contribution is -0.110. The molecule has 22 heavy (non-hydrogen) atoms. The Morgan fingerprint density at radius 2 is 2.00 bits per heavy atom. The van der Waals surface area contributed by atoms with Crippen LogP contribution >= 0.6 is 0 Å². The Balaban J connectivity index is 2.05. The molecular weight excluding hydrogens is 288 g/mol. The van der Waals surface area contributed by atoms with E-state index in [1.54, 1.807) is 18.2 Å². The minimum absolute atomic E-state index is 0.0342. The summed E-state index contributed by atoms with van der Waals surface area (Å²) in [6.45, 7) is 2.38. The van der Waals surface area contributed by atoms with E-state index in [0.29, 0.717) is 29.2 Å². The first-order valence-electron chi connectivity index (χ1n) is 6.84. The van der Waals surface area contributed by atoms with Crippen LogP contribution in [0.5, 0.6) is 5.75 Å². The third-order valence-electron chi connectivity index (χ3n) is 3.34. The van der Waals surface area contributed by atoms with E-state index < -0.39 is 11.6 Å². The highest BCUT2D eigenvalue weighted by Crippen LogP contribution is 2.36. The SMILES string of the molecule is CCOc1ccc2c(c1)NC(=O)/C2=C/c1cc(F)ccc1F. The Bertz CT molecular complexity index is 784. The third-order valence-corrected chi connectivity index (χ3v) is 3.34. The van der Waals surface area contributed by atoms with Gasteiger partial charge in [0.15, 0.2) is 0 Å². The maximum atomic E-state index is 13.7. The molecule has 1 aliphatic heterocycles. The van der Waals surface area contributed by atoms with Gasteiger partial charge in [0.05, 0.1) is 12.3 Å². The van der Waals surface area contributed by atoms with Crippen LogP contribution in [0.4, 0.5) is 14.5 Å². The van der Waals surface area contributed by atoms with E-state index in [4.69, 9.17) is 4.74 Å². The van der Waals surface area contributed by atoms with E-state index in [0.717, 1.165) is 18.2 Å². The van der Waals surface area contributed by atoms with Crippen molar-refractivity contribution in [2.75, 3.05) is 11.9 Å². The molecule has 3 nitrogen and oxygen atoms in total. The molecule has 0 unspecified atom stereocenters. The van der Waals surface area contributed by atoms with Crippen molar-refractivity contribution in [2.24, 2.45) is 0 Å². The molecule has 0 fully saturated rings. The van der Waals surface area contributed by atoms with Gasteiger partial charge in [0.25, 0.3) is 5.91 Å². The average molecular weight is 301 g/mol. The van der Waals surface area contributed by atoms with Gasteiger partial charge >= 0.3 is 0 Å². The number of carbonyl (C=O) groups is 1. The van der Waals surface area contributed by atoms with Crippen molar-refractivity contribution in [1.29, 1.82) is 0 Å². The van der Waals surface area contributed by atoms with Crippen molar-refractivity contribution in [3.8, 4) is 5.75 Å². The maximum Gasteiger partial charge on any atom is 0.256 e. The number of anilines is 1. The van der Waals surface area contributed by atoms with Crippen LogP contribution in [0.1, 0.15) is 18.1 Å². The molecule has 1 amide bonds. The number of carbonyl (C=O) groups excluding carboxylic acids is 1. The second-order valence-corrected chi connectivity index (χ2v) is 4.82. The Morgan fingerprint density at radius 3 is 2.77 bits per heavy atom. The van der Waals surface area contributed by atoms with E-state index in [1.807, 2.05) is 6.92 Å². The first-order valence-corrected chi connectivity index (χ1v) is 6.84. The Morgan fingerprint density at radius 1 is 1.18 bits per heavy atom. The minimum atomic E-state index is -0.582. The second kappa shape index (κ2) is 5.60. The summed E-state index contributed by atoms with van der Waals surface area (Å²) in [5.41, 5.74) is 1.56. The molecule has 3 rings (SSSR count). The van der Waals surface area contributed by atoms with Crippen LogP contribution in [0.2, 0.25) is 0 Å². The summed E-state index contributed by atoms with van der Waals surface area (Å²) in [6, 6.07) is 8.30. The number of rotatable bonds is 3. The maximum absolute atomic E-state index is 13.7. The van der Waals surface area contributed by atoms with E-state index in [9.17, 15) is 13.6 Å². The highest BCUT2D eigenvalue weighted by Gasteiger charge is 2.24. The summed E-state index contributed by atoms with van der Waals surface area (Å²) >= 11 is 0. The molecule has 0 atom stereocenters. The molecule has 5 heteroatoms. The molecule has 1 N–H and O–H groups in total. The fourth-order valence-electron chi connectivity index (χ4n) is 2.35. The first kappa shape index (κ1) is 14.3. The van der Waals surface area contributed by atoms with Gasteiger partial charge in [0.1, 0.15) is 17.4 Å². The van der Waals surface area contributed by atoms with Crippen molar-refractivity contribution in [3.63, 3.8) is 0 Å². The zero-order valence-electron chi connectivity index (χ0n) is 11.8. The van der Waals surface area contributed by atoms with E-state index >= 15 is 0 Å². The number of halogens is 2. The average Bonchev–Trinajstić information content (AvgIpc) is 2.79. The third kappa shape index (κ3) is 2.57. The zero-order valence-corrected chi connectivity index (χ0v) is 11.8. The molecule has 0 aromatic heterocycles. The smallest absolute Gasteiger partial charge is 0.256 e. The van der Waals surface area contributed by atoms with Crippen molar-refractivity contribution in [1.82, 2.24) is 0 Å². The summed E-state index contributed by atoms with van der Waals surface area (Å²) in [4.78, 5) is 12.1. The van der Waals surface area contributed by atoms with Crippen LogP contribution in [0.3, 0.4) is 0 Å². The number of nitrogens with one attached hydrogen (secondary N) is 1. The number of ether oxygens (including phenoxy) is 1. The van der Waals surface area contributed by atoms with Crippen LogP contribution in [-0.4, -0.2) is 12.5 Å². The molecule has 0 bridgehead atoms. The minimum Gasteiger partial charge on any atom is -0.494 e. The quantitative estimate of drug-likeness (QED) is 0.874. The van der Waals surface area contributed by atoms with Gasteiger partial charge in [-0.25, -0.2) is 8.78 Å². The normalized spacial score (nSPS) is 14.9. The number of benzene rings is 2. The molecule has 0 radical (unpaired) electrons. The van der Waals surface area contributed by atoms with Gasteiger partial charge in [-0.2, -0.15) is 0 Å². The molecule has 2 aromatic carbocycles. The van der Waals surface area contributed by atoms with Gasteiger partial charge in [-0.3, -0.25) is 4.79 Å². The highest BCUT2D eigenvalue weighted by molar-refractivity contribution is 6.35. The van der Waals surface area contributed by atoms with Crippen molar-refractivity contribution in [2.45, 2.75) is 6.92 Å². The van der Waals surface area contributed by atoms with Crippen LogP contribution in [0.15, 0.2) is 36.4 Å². The highest BCUT2D eigenvalue weighted by atomic mass is 19.1. The Hall–Kier alpha value is -2.69. The lowest BCUT2D eigenvalue weighted by Crippen LogP contribution is -2.03. The molecule has 0 spiro atoms. The molecule has 0 saturated heterocycles. The summed E-state index contributed by atoms with van der Waals surface area (Å²) in [5.74, 6) is -0.855. The van der Waals surface area contributed by atoms with Gasteiger partial charge in [0.2, 0.25) is 0 Å². The molecule has 112 valence electrons. The number of fused-ring (bicyclic) bond motifs is 1. The molecule has 1 aliphatic rings. The fourth-order valence-corrected chi connectivity index (χ4v) is 2.35. The standard InChI is InChI=1S/C17H13F2NO2/c1-2-22-12-4-5-13-14(17(21)20-16(13)9-12)8-10-7-11(18)3-6-15(10)19/h3-9H,2H2,1H3,(H,20,21)/b14-8+. The van der Waals surface area contributed by atoms with Crippen LogP contribution in [0, 0.1) is 11.6 Å². The van der Waals surface area contributed by atoms with Crippen molar-refractivity contribution < 1.29 is 18.3 Å². The van der Waals surface area contributed by atoms with Gasteiger partial charge in [0, 0.05) is 22.8 Å². The fraction of sp³-hybridized carbons (Fsp3) is 0.118. The molecule has 1 heterocycles. The molecular formula is C17H13F2NO2. The Labute approximate surface area is 126 Å². The first-order chi connectivity index (χ1) is 10.6. The monoisotopic (exact) mass is 301 g/mol. The molecule has 0 aliphatic carbocycles. The van der Waals surface area contributed by atoms with E-state index in [-0.39, 0.29) is 11.5 Å². The number of hydrogen-bond donors (Lipinski definition) is 1. The number of amides is 1. The summed E-state index contributed by atoms with van der Waals surface area (Å²) in [5, 5.41) is 2.70. The van der Waals surface area contributed by atoms with Gasteiger partial charge < -0.3 is 10.1 Å². The van der Waals surface area contributed by atoms with Gasteiger partial charge in [-0.1, -0.05) is 0 Å². The van der Waals surface area contributed by atoms with Gasteiger partial charge in [-0.15, -0.1) is 0 Å². The topological polar surface area (TPSA) is 38.3 Å². The van der Waals surface area contributed by atoms with Crippen LogP contribution in [-0.2, 0) is 4.79 Å². The largest absolute Gasteiger partial charge is 0.494 e. The second-order valence-electron chi connectivity index (χ2n) is 4.82. The van der Waals surface area contributed by atoms with Crippen molar-refractivity contribution in [3.05, 3.63) is 59.2 Å². The van der Waals surface area contributed by atoms with E-state index in [2.05, 4.69) is 5.32 Å². The zero-order chi connectivity index (χ0) is 15.7. The van der Waals surface area contributed by atoms with E-state index in [1.165, 1.54) is 6.08 Å².